The van der Waals surface area contributed by atoms with E-state index < -0.39 is 28.7 Å². The first kappa shape index (κ1) is 24.2. The molecule has 1 aliphatic heterocycles. The van der Waals surface area contributed by atoms with Crippen LogP contribution in [0.5, 0.6) is 0 Å². The lowest BCUT2D eigenvalue weighted by Crippen LogP contribution is -2.33. The second kappa shape index (κ2) is 10.5. The van der Waals surface area contributed by atoms with Crippen molar-refractivity contribution < 1.29 is 37.9 Å². The fourth-order valence-corrected chi connectivity index (χ4v) is 3.66. The summed E-state index contributed by atoms with van der Waals surface area (Å²) in [5, 5.41) is 14.6. The summed E-state index contributed by atoms with van der Waals surface area (Å²) in [4.78, 5) is 48.7. The van der Waals surface area contributed by atoms with Crippen LogP contribution in [-0.4, -0.2) is 43.2 Å². The van der Waals surface area contributed by atoms with Crippen molar-refractivity contribution in [2.45, 2.75) is 19.8 Å². The van der Waals surface area contributed by atoms with Gasteiger partial charge in [0.25, 0.3) is 5.69 Å². The summed E-state index contributed by atoms with van der Waals surface area (Å²) < 4.78 is 20.0. The van der Waals surface area contributed by atoms with Gasteiger partial charge in [0.2, 0.25) is 0 Å². The number of benzene rings is 1. The zero-order valence-electron chi connectivity index (χ0n) is 18.7. The molecule has 1 atom stereocenters. The summed E-state index contributed by atoms with van der Waals surface area (Å²) in [6.07, 6.45) is 2.54. The molecule has 3 rings (SSSR count). The third-order valence-corrected chi connectivity index (χ3v) is 5.14. The molecule has 0 aliphatic carbocycles. The molecule has 0 saturated heterocycles. The van der Waals surface area contributed by atoms with Gasteiger partial charge in [-0.1, -0.05) is 18.2 Å². The fraction of sp³-hybridized carbons (Fsp3) is 0.261. The van der Waals surface area contributed by atoms with Gasteiger partial charge in [-0.2, -0.15) is 0 Å². The quantitative estimate of drug-likeness (QED) is 0.201. The molecule has 34 heavy (non-hydrogen) atoms. The van der Waals surface area contributed by atoms with Crippen LogP contribution in [0.3, 0.4) is 0 Å². The van der Waals surface area contributed by atoms with Crippen LogP contribution in [0.15, 0.2) is 69.8 Å². The Hall–Kier alpha value is -4.41. The van der Waals surface area contributed by atoms with E-state index in [9.17, 15) is 24.5 Å². The first-order valence-corrected chi connectivity index (χ1v) is 10.1. The van der Waals surface area contributed by atoms with Crippen molar-refractivity contribution >= 4 is 23.6 Å². The first-order chi connectivity index (χ1) is 16.3. The van der Waals surface area contributed by atoms with Gasteiger partial charge in [-0.25, -0.2) is 14.4 Å². The Morgan fingerprint density at radius 1 is 1.00 bits per heavy atom. The van der Waals surface area contributed by atoms with E-state index in [0.29, 0.717) is 11.4 Å². The molecule has 0 radical (unpaired) electrons. The van der Waals surface area contributed by atoms with Crippen LogP contribution in [-0.2, 0) is 23.8 Å². The predicted molar refractivity (Wildman–Crippen MR) is 116 cm³/mol. The lowest BCUT2D eigenvalue weighted by Gasteiger charge is -2.30. The van der Waals surface area contributed by atoms with Crippen LogP contribution in [0.2, 0.25) is 0 Å². The molecule has 0 bridgehead atoms. The SMILES string of the molecule is COC(=O)C1=C(C)NC(C)=C(C(=O)OCCOC(=O)c2ccoc2)C1c1ccccc1[N+](=O)[O-]. The molecule has 2 aromatic rings. The van der Waals surface area contributed by atoms with Crippen molar-refractivity contribution in [1.29, 1.82) is 0 Å². The van der Waals surface area contributed by atoms with Crippen molar-refractivity contribution in [1.82, 2.24) is 5.32 Å². The molecule has 1 aromatic carbocycles. The van der Waals surface area contributed by atoms with Gasteiger partial charge < -0.3 is 23.9 Å². The zero-order chi connectivity index (χ0) is 24.8. The van der Waals surface area contributed by atoms with Crippen LogP contribution >= 0.6 is 0 Å². The summed E-state index contributed by atoms with van der Waals surface area (Å²) in [5.41, 5.74) is 0.859. The van der Waals surface area contributed by atoms with E-state index >= 15 is 0 Å². The van der Waals surface area contributed by atoms with E-state index in [2.05, 4.69) is 5.32 Å². The van der Waals surface area contributed by atoms with E-state index in [-0.39, 0.29) is 41.2 Å². The molecule has 0 fully saturated rings. The number of para-hydroxylation sites is 1. The Balaban J connectivity index is 1.88. The molecule has 178 valence electrons. The highest BCUT2D eigenvalue weighted by Crippen LogP contribution is 2.42. The highest BCUT2D eigenvalue weighted by molar-refractivity contribution is 6.00. The predicted octanol–water partition coefficient (Wildman–Crippen LogP) is 3.00. The maximum Gasteiger partial charge on any atom is 0.341 e. The van der Waals surface area contributed by atoms with E-state index in [1.54, 1.807) is 19.9 Å². The number of furan rings is 1. The second-order valence-corrected chi connectivity index (χ2v) is 7.23. The molecule has 1 aromatic heterocycles. The number of carbonyl (C=O) groups is 3. The molecule has 11 nitrogen and oxygen atoms in total. The average molecular weight is 470 g/mol. The van der Waals surface area contributed by atoms with E-state index in [4.69, 9.17) is 18.6 Å². The summed E-state index contributed by atoms with van der Waals surface area (Å²) in [5.74, 6) is -3.35. The van der Waals surface area contributed by atoms with Gasteiger partial charge in [-0.3, -0.25) is 10.1 Å². The van der Waals surface area contributed by atoms with Crippen LogP contribution in [0.1, 0.15) is 35.7 Å². The number of nitrogens with zero attached hydrogens (tertiary/aromatic N) is 1. The molecule has 0 spiro atoms. The molecule has 1 N–H and O–H groups in total. The number of rotatable bonds is 8. The van der Waals surface area contributed by atoms with Crippen LogP contribution in [0.4, 0.5) is 5.69 Å². The molecular weight excluding hydrogens is 448 g/mol. The van der Waals surface area contributed by atoms with Gasteiger partial charge in [0, 0.05) is 23.0 Å². The number of carbonyl (C=O) groups excluding carboxylic acids is 3. The van der Waals surface area contributed by atoms with Crippen LogP contribution < -0.4 is 5.32 Å². The van der Waals surface area contributed by atoms with E-state index in [1.165, 1.54) is 43.9 Å². The minimum atomic E-state index is -1.11. The average Bonchev–Trinajstić information content (AvgIpc) is 3.35. The Labute approximate surface area is 194 Å². The van der Waals surface area contributed by atoms with Crippen molar-refractivity contribution in [2.75, 3.05) is 20.3 Å². The van der Waals surface area contributed by atoms with Crippen LogP contribution in [0.25, 0.3) is 0 Å². The summed E-state index contributed by atoms with van der Waals surface area (Å²) >= 11 is 0. The maximum atomic E-state index is 13.1. The number of esters is 3. The number of nitrogens with one attached hydrogen (secondary N) is 1. The number of hydrogen-bond acceptors (Lipinski definition) is 10. The number of ether oxygens (including phenoxy) is 3. The number of nitro groups is 1. The minimum absolute atomic E-state index is 0.00135. The Kier molecular flexibility index (Phi) is 7.46. The monoisotopic (exact) mass is 470 g/mol. The summed E-state index contributed by atoms with van der Waals surface area (Å²) in [6.45, 7) is 2.69. The lowest BCUT2D eigenvalue weighted by molar-refractivity contribution is -0.385. The molecule has 1 unspecified atom stereocenters. The number of allylic oxidation sites excluding steroid dienone is 2. The molecular formula is C23H22N2O9. The van der Waals surface area contributed by atoms with Gasteiger partial charge in [0.05, 0.1) is 40.9 Å². The Morgan fingerprint density at radius 3 is 2.21 bits per heavy atom. The molecule has 11 heteroatoms. The highest BCUT2D eigenvalue weighted by atomic mass is 16.6. The Bertz CT molecular complexity index is 1180. The van der Waals surface area contributed by atoms with Crippen molar-refractivity contribution in [3.05, 3.63) is 86.6 Å². The maximum absolute atomic E-state index is 13.1. The normalized spacial score (nSPS) is 15.4. The largest absolute Gasteiger partial charge is 0.472 e. The third-order valence-electron chi connectivity index (χ3n) is 5.14. The van der Waals surface area contributed by atoms with Crippen molar-refractivity contribution in [3.63, 3.8) is 0 Å². The number of nitro benzene ring substituents is 1. The molecule has 1 aliphatic rings. The van der Waals surface area contributed by atoms with Crippen molar-refractivity contribution in [2.24, 2.45) is 0 Å². The van der Waals surface area contributed by atoms with Gasteiger partial charge in [0.15, 0.2) is 0 Å². The third kappa shape index (κ3) is 4.98. The molecule has 2 heterocycles. The number of methoxy groups -OCH3 is 1. The highest BCUT2D eigenvalue weighted by Gasteiger charge is 2.40. The first-order valence-electron chi connectivity index (χ1n) is 10.1. The topological polar surface area (TPSA) is 147 Å². The standard InChI is InChI=1S/C23H22N2O9/c1-13-18(22(27)31-3)20(16-6-4-5-7-17(16)25(29)30)19(14(2)24-13)23(28)34-11-10-33-21(26)15-8-9-32-12-15/h4-9,12,20,24H,10-11H2,1-3H3. The molecule has 0 saturated carbocycles. The lowest BCUT2D eigenvalue weighted by atomic mass is 9.79. The second-order valence-electron chi connectivity index (χ2n) is 7.23. The smallest absolute Gasteiger partial charge is 0.341 e. The zero-order valence-corrected chi connectivity index (χ0v) is 18.7. The molecule has 0 amide bonds. The van der Waals surface area contributed by atoms with Gasteiger partial charge in [0.1, 0.15) is 19.5 Å². The van der Waals surface area contributed by atoms with E-state index in [1.807, 2.05) is 0 Å². The Morgan fingerprint density at radius 2 is 1.62 bits per heavy atom. The number of dihydropyridines is 1. The van der Waals surface area contributed by atoms with Crippen LogP contribution in [0, 0.1) is 10.1 Å². The summed E-state index contributed by atoms with van der Waals surface area (Å²) in [6, 6.07) is 7.24. The minimum Gasteiger partial charge on any atom is -0.472 e. The van der Waals surface area contributed by atoms with Gasteiger partial charge in [-0.15, -0.1) is 0 Å². The number of hydrogen-bond donors (Lipinski definition) is 1. The van der Waals surface area contributed by atoms with Gasteiger partial charge >= 0.3 is 17.9 Å². The van der Waals surface area contributed by atoms with Crippen molar-refractivity contribution in [3.8, 4) is 0 Å². The van der Waals surface area contributed by atoms with E-state index in [0.717, 1.165) is 0 Å². The van der Waals surface area contributed by atoms with Gasteiger partial charge in [-0.05, 0) is 19.9 Å². The summed E-state index contributed by atoms with van der Waals surface area (Å²) in [7, 11) is 1.18. The fourth-order valence-electron chi connectivity index (χ4n) is 3.66.